The number of allylic oxidation sites excluding steroid dienone is 8. The first-order valence-corrected chi connectivity index (χ1v) is 21.2. The van der Waals surface area contributed by atoms with Crippen molar-refractivity contribution in [2.75, 3.05) is 0 Å². The average Bonchev–Trinajstić information content (AvgIpc) is 3.93. The monoisotopic (exact) mass is 757 g/mol. The van der Waals surface area contributed by atoms with Gasteiger partial charge in [-0.15, -0.1) is 11.3 Å². The maximum Gasteiger partial charge on any atom is 0.165 e. The molecule has 13 rings (SSSR count). The van der Waals surface area contributed by atoms with Gasteiger partial charge in [0.05, 0.1) is 5.41 Å². The average molecular weight is 758 g/mol. The molecular weight excluding hydrogens is 723 g/mol. The highest BCUT2D eigenvalue weighted by Crippen LogP contribution is 2.66. The van der Waals surface area contributed by atoms with E-state index >= 15 is 0 Å². The van der Waals surface area contributed by atoms with Gasteiger partial charge in [0, 0.05) is 48.7 Å². The van der Waals surface area contributed by atoms with Gasteiger partial charge in [-0.1, -0.05) is 164 Å². The summed E-state index contributed by atoms with van der Waals surface area (Å²) in [5.41, 5.74) is 11.1. The fraction of sp³-hybridized carbons (Fsp3) is 0.0926. The van der Waals surface area contributed by atoms with Crippen LogP contribution in [0.1, 0.15) is 52.4 Å². The molecule has 9 aromatic rings. The highest BCUT2D eigenvalue weighted by molar-refractivity contribution is 7.26. The Hall–Kier alpha value is -6.75. The van der Waals surface area contributed by atoms with Gasteiger partial charge in [-0.25, -0.2) is 15.0 Å². The summed E-state index contributed by atoms with van der Waals surface area (Å²) in [5, 5.41) is 7.98. The van der Waals surface area contributed by atoms with Crippen molar-refractivity contribution < 1.29 is 0 Å². The van der Waals surface area contributed by atoms with Crippen molar-refractivity contribution in [3.8, 4) is 22.8 Å². The number of fused-ring (bicyclic) bond motifs is 10. The van der Waals surface area contributed by atoms with Crippen molar-refractivity contribution in [3.05, 3.63) is 210 Å². The third kappa shape index (κ3) is 4.36. The summed E-state index contributed by atoms with van der Waals surface area (Å²) in [6.45, 7) is 0. The van der Waals surface area contributed by atoms with Gasteiger partial charge < -0.3 is 0 Å². The molecule has 3 nitrogen and oxygen atoms in total. The minimum absolute atomic E-state index is 0.203. The first-order valence-electron chi connectivity index (χ1n) is 20.3. The Morgan fingerprint density at radius 3 is 2.07 bits per heavy atom. The minimum Gasteiger partial charge on any atom is -0.208 e. The number of thiophene rings is 1. The van der Waals surface area contributed by atoms with Gasteiger partial charge in [-0.3, -0.25) is 0 Å². The van der Waals surface area contributed by atoms with Gasteiger partial charge in [0.15, 0.2) is 17.5 Å². The maximum atomic E-state index is 5.23. The quantitative estimate of drug-likeness (QED) is 0.168. The summed E-state index contributed by atoms with van der Waals surface area (Å²) in [5.74, 6) is 2.55. The van der Waals surface area contributed by atoms with Gasteiger partial charge in [0.2, 0.25) is 0 Å². The van der Waals surface area contributed by atoms with Gasteiger partial charge in [0.25, 0.3) is 0 Å². The Morgan fingerprint density at radius 1 is 0.569 bits per heavy atom. The molecule has 0 fully saturated rings. The van der Waals surface area contributed by atoms with E-state index in [1.807, 2.05) is 0 Å². The van der Waals surface area contributed by atoms with Crippen molar-refractivity contribution in [3.63, 3.8) is 0 Å². The molecule has 0 saturated carbocycles. The van der Waals surface area contributed by atoms with Crippen LogP contribution in [0.4, 0.5) is 0 Å². The first kappa shape index (κ1) is 32.3. The molecule has 4 heteroatoms. The van der Waals surface area contributed by atoms with E-state index in [9.17, 15) is 0 Å². The second-order valence-electron chi connectivity index (χ2n) is 16.1. The molecular formula is C54H35N3S. The molecule has 0 saturated heterocycles. The smallest absolute Gasteiger partial charge is 0.165 e. The van der Waals surface area contributed by atoms with Crippen LogP contribution < -0.4 is 0 Å². The zero-order valence-corrected chi connectivity index (χ0v) is 32.4. The van der Waals surface area contributed by atoms with E-state index in [1.165, 1.54) is 75.1 Å². The van der Waals surface area contributed by atoms with Crippen molar-refractivity contribution in [2.24, 2.45) is 5.92 Å². The standard InChI is InChI=1S/C54H35N3S/c1-2-12-35(13-3-1)51-55-52(57-53(56-51)41-20-10-19-39-38-16-5-7-25-46(38)58-50(39)41)36-30-26-32(27-31-36)37-18-11-24-45-49(37)40-17-4-6-21-42(40)54(45)43-22-8-14-33-28-29-34-15-9-23-44(54)48(34)47(33)43/h2,4-31,45,49H,1,3H2. The molecule has 2 unspecified atom stereocenters. The normalized spacial score (nSPS) is 18.4. The number of aromatic nitrogens is 3. The topological polar surface area (TPSA) is 38.7 Å². The summed E-state index contributed by atoms with van der Waals surface area (Å²) in [6, 6.07) is 51.8. The number of hydrogen-bond acceptors (Lipinski definition) is 4. The first-order chi connectivity index (χ1) is 28.8. The van der Waals surface area contributed by atoms with Crippen LogP contribution in [0.2, 0.25) is 0 Å². The molecule has 7 aromatic carbocycles. The zero-order chi connectivity index (χ0) is 38.0. The molecule has 0 radical (unpaired) electrons. The van der Waals surface area contributed by atoms with Crippen LogP contribution in [0.5, 0.6) is 0 Å². The summed E-state index contributed by atoms with van der Waals surface area (Å²) in [4.78, 5) is 15.5. The highest BCUT2D eigenvalue weighted by atomic mass is 32.1. The number of rotatable bonds is 4. The van der Waals surface area contributed by atoms with Gasteiger partial charge >= 0.3 is 0 Å². The van der Waals surface area contributed by atoms with E-state index in [0.717, 1.165) is 35.4 Å². The third-order valence-electron chi connectivity index (χ3n) is 13.3. The van der Waals surface area contributed by atoms with Crippen LogP contribution >= 0.6 is 11.3 Å². The van der Waals surface area contributed by atoms with Crippen LogP contribution in [-0.2, 0) is 5.41 Å². The number of nitrogens with zero attached hydrogens (tertiary/aromatic N) is 3. The maximum absolute atomic E-state index is 5.23. The van der Waals surface area contributed by atoms with E-state index in [4.69, 9.17) is 15.0 Å². The van der Waals surface area contributed by atoms with Gasteiger partial charge in [0.1, 0.15) is 0 Å². The Bertz CT molecular complexity index is 3300. The third-order valence-corrected chi connectivity index (χ3v) is 14.5. The van der Waals surface area contributed by atoms with Crippen molar-refractivity contribution in [1.29, 1.82) is 0 Å². The second kappa shape index (κ2) is 12.1. The van der Waals surface area contributed by atoms with Crippen molar-refractivity contribution >= 4 is 64.2 Å². The molecule has 1 spiro atoms. The van der Waals surface area contributed by atoms with Crippen molar-refractivity contribution in [2.45, 2.75) is 24.2 Å². The molecule has 2 heterocycles. The minimum atomic E-state index is -0.267. The largest absolute Gasteiger partial charge is 0.208 e. The molecule has 0 aliphatic heterocycles. The van der Waals surface area contributed by atoms with Crippen LogP contribution in [0, 0.1) is 5.92 Å². The Morgan fingerprint density at radius 2 is 1.26 bits per heavy atom. The van der Waals surface area contributed by atoms with E-state index < -0.39 is 0 Å². The molecule has 58 heavy (non-hydrogen) atoms. The Kier molecular flexibility index (Phi) is 6.76. The molecule has 0 amide bonds. The summed E-state index contributed by atoms with van der Waals surface area (Å²) in [6.07, 6.45) is 15.8. The summed E-state index contributed by atoms with van der Waals surface area (Å²) < 4.78 is 2.47. The number of benzene rings is 7. The molecule has 0 N–H and O–H groups in total. The fourth-order valence-corrected chi connectivity index (χ4v) is 12.1. The lowest BCUT2D eigenvalue weighted by Crippen LogP contribution is -2.33. The SMILES string of the molecule is C1=CC2C(C(c3ccc(-c4nc(C5=CCCC=C5)nc(-c5cccc6c5sc5ccccc56)n4)cc3)=C1)c1ccccc1C21c2cccc3ccc4cccc1c4c23. The predicted octanol–water partition coefficient (Wildman–Crippen LogP) is 13.6. The van der Waals surface area contributed by atoms with E-state index in [-0.39, 0.29) is 17.3 Å². The lowest BCUT2D eigenvalue weighted by atomic mass is 9.64. The van der Waals surface area contributed by atoms with E-state index in [0.29, 0.717) is 11.6 Å². The second-order valence-corrected chi connectivity index (χ2v) is 17.1. The Balaban J connectivity index is 0.934. The molecule has 2 atom stereocenters. The zero-order valence-electron chi connectivity index (χ0n) is 31.6. The van der Waals surface area contributed by atoms with Crippen LogP contribution in [0.3, 0.4) is 0 Å². The van der Waals surface area contributed by atoms with Crippen LogP contribution in [0.15, 0.2) is 176 Å². The van der Waals surface area contributed by atoms with E-state index in [2.05, 4.69) is 176 Å². The molecule has 4 aliphatic rings. The fourth-order valence-electron chi connectivity index (χ4n) is 10.9. The van der Waals surface area contributed by atoms with E-state index in [1.54, 1.807) is 11.3 Å². The predicted molar refractivity (Wildman–Crippen MR) is 241 cm³/mol. The highest BCUT2D eigenvalue weighted by Gasteiger charge is 2.57. The molecule has 0 bridgehead atoms. The molecule has 4 aliphatic carbocycles. The molecule has 272 valence electrons. The van der Waals surface area contributed by atoms with Crippen LogP contribution in [0.25, 0.3) is 75.6 Å². The summed E-state index contributed by atoms with van der Waals surface area (Å²) in [7, 11) is 0. The molecule has 2 aromatic heterocycles. The number of hydrogen-bond donors (Lipinski definition) is 0. The lowest BCUT2D eigenvalue weighted by molar-refractivity contribution is 0.473. The summed E-state index contributed by atoms with van der Waals surface area (Å²) >= 11 is 1.81. The van der Waals surface area contributed by atoms with Crippen molar-refractivity contribution in [1.82, 2.24) is 15.0 Å². The lowest BCUT2D eigenvalue weighted by Gasteiger charge is -2.37. The van der Waals surface area contributed by atoms with Gasteiger partial charge in [-0.2, -0.15) is 0 Å². The van der Waals surface area contributed by atoms with Gasteiger partial charge in [-0.05, 0) is 79.9 Å². The Labute approximate surface area is 340 Å². The van der Waals surface area contributed by atoms with Crippen LogP contribution in [-0.4, -0.2) is 15.0 Å².